The molecule has 32 heavy (non-hydrogen) atoms. The van der Waals surface area contributed by atoms with Crippen LogP contribution in [0.25, 0.3) is 43.6 Å². The molecule has 0 radical (unpaired) electrons. The van der Waals surface area contributed by atoms with E-state index < -0.39 is 0 Å². The molecule has 0 amide bonds. The molecule has 2 atom stereocenters. The highest BCUT2D eigenvalue weighted by Crippen LogP contribution is 2.43. The maximum atomic E-state index is 2.59. The molecule has 0 bridgehead atoms. The summed E-state index contributed by atoms with van der Waals surface area (Å²) in [6.45, 7) is 0. The van der Waals surface area contributed by atoms with Crippen molar-refractivity contribution in [3.05, 3.63) is 97.1 Å². The van der Waals surface area contributed by atoms with E-state index in [1.807, 2.05) is 0 Å². The number of rotatable bonds is 2. The fourth-order valence-electron chi connectivity index (χ4n) is 6.06. The van der Waals surface area contributed by atoms with E-state index in [0.717, 1.165) is 6.42 Å². The Morgan fingerprint density at radius 1 is 0.594 bits per heavy atom. The third kappa shape index (κ3) is 2.47. The maximum Gasteiger partial charge on any atom is 0.0560 e. The third-order valence-corrected chi connectivity index (χ3v) is 7.40. The van der Waals surface area contributed by atoms with Crippen molar-refractivity contribution in [1.82, 2.24) is 9.13 Å². The van der Waals surface area contributed by atoms with Gasteiger partial charge in [-0.05, 0) is 49.9 Å². The van der Waals surface area contributed by atoms with Crippen molar-refractivity contribution < 1.29 is 0 Å². The Kier molecular flexibility index (Phi) is 3.96. The van der Waals surface area contributed by atoms with Crippen molar-refractivity contribution in [2.24, 2.45) is 0 Å². The second-order valence-electron chi connectivity index (χ2n) is 9.17. The molecular formula is C30H26N2. The molecule has 156 valence electrons. The average molecular weight is 415 g/mol. The van der Waals surface area contributed by atoms with Crippen molar-refractivity contribution in [2.75, 3.05) is 0 Å². The highest BCUT2D eigenvalue weighted by Gasteiger charge is 2.23. The van der Waals surface area contributed by atoms with Crippen LogP contribution < -0.4 is 0 Å². The molecule has 2 heterocycles. The Bertz CT molecular complexity index is 1490. The smallest absolute Gasteiger partial charge is 0.0560 e. The van der Waals surface area contributed by atoms with E-state index in [1.54, 1.807) is 0 Å². The molecule has 2 aliphatic carbocycles. The lowest BCUT2D eigenvalue weighted by Crippen LogP contribution is -2.08. The van der Waals surface area contributed by atoms with Gasteiger partial charge in [-0.2, -0.15) is 0 Å². The Balaban J connectivity index is 1.65. The maximum absolute atomic E-state index is 2.59. The van der Waals surface area contributed by atoms with Crippen molar-refractivity contribution in [3.8, 4) is 0 Å². The molecule has 2 nitrogen and oxygen atoms in total. The molecule has 2 aromatic heterocycles. The summed E-state index contributed by atoms with van der Waals surface area (Å²) >= 11 is 0. The largest absolute Gasteiger partial charge is 0.333 e. The lowest BCUT2D eigenvalue weighted by atomic mass is 10.0. The van der Waals surface area contributed by atoms with Gasteiger partial charge in [0.05, 0.1) is 23.1 Å². The zero-order valence-electron chi connectivity index (χ0n) is 18.1. The summed E-state index contributed by atoms with van der Waals surface area (Å²) in [5.41, 5.74) is 5.38. The predicted octanol–water partition coefficient (Wildman–Crippen LogP) is 8.24. The highest BCUT2D eigenvalue weighted by molar-refractivity contribution is 6.28. The van der Waals surface area contributed by atoms with Crippen LogP contribution in [0, 0.1) is 0 Å². The first-order chi connectivity index (χ1) is 15.9. The summed E-state index contributed by atoms with van der Waals surface area (Å²) in [4.78, 5) is 0. The summed E-state index contributed by atoms with van der Waals surface area (Å²) in [6.07, 6.45) is 18.5. The molecule has 0 N–H and O–H groups in total. The van der Waals surface area contributed by atoms with E-state index in [2.05, 4.69) is 106 Å². The van der Waals surface area contributed by atoms with Crippen LogP contribution in [0.15, 0.2) is 97.1 Å². The van der Waals surface area contributed by atoms with Gasteiger partial charge in [-0.1, -0.05) is 72.9 Å². The highest BCUT2D eigenvalue weighted by atomic mass is 15.0. The summed E-state index contributed by atoms with van der Waals surface area (Å²) in [6, 6.07) is 23.5. The summed E-state index contributed by atoms with van der Waals surface area (Å²) in [7, 11) is 0. The number of hydrogen-bond acceptors (Lipinski definition) is 0. The minimum atomic E-state index is 0.356. The standard InChI is InChI=1S/C30H26N2/c1-3-11-21(12-4-1)31-25-17-9-7-15-23(25)29-27(31)19-20-28-30(29)24-16-8-10-18-26(24)32(28)22-13-5-2-6-14-22/h1,3-5,7-11,13,15-22H,2,6,12,14H2. The van der Waals surface area contributed by atoms with Gasteiger partial charge >= 0.3 is 0 Å². The van der Waals surface area contributed by atoms with Crippen LogP contribution in [0.4, 0.5) is 0 Å². The van der Waals surface area contributed by atoms with Crippen LogP contribution in [0.2, 0.25) is 0 Å². The monoisotopic (exact) mass is 414 g/mol. The number of hydrogen-bond donors (Lipinski definition) is 0. The van der Waals surface area contributed by atoms with Gasteiger partial charge in [0.2, 0.25) is 0 Å². The van der Waals surface area contributed by atoms with Gasteiger partial charge in [-0.25, -0.2) is 0 Å². The first-order valence-corrected chi connectivity index (χ1v) is 11.9. The second kappa shape index (κ2) is 7.00. The van der Waals surface area contributed by atoms with Gasteiger partial charge < -0.3 is 9.13 Å². The average Bonchev–Trinajstić information content (AvgIpc) is 3.38. The second-order valence-corrected chi connectivity index (χ2v) is 9.17. The molecule has 7 rings (SSSR count). The van der Waals surface area contributed by atoms with Crippen LogP contribution >= 0.6 is 0 Å². The Morgan fingerprint density at radius 3 is 1.84 bits per heavy atom. The molecule has 0 saturated heterocycles. The molecule has 2 aliphatic rings. The lowest BCUT2D eigenvalue weighted by Gasteiger charge is -2.21. The molecule has 2 unspecified atom stereocenters. The Labute approximate surface area is 187 Å². The van der Waals surface area contributed by atoms with Crippen LogP contribution in [0.3, 0.4) is 0 Å². The van der Waals surface area contributed by atoms with Crippen molar-refractivity contribution in [2.45, 2.75) is 37.8 Å². The molecule has 0 saturated carbocycles. The topological polar surface area (TPSA) is 9.86 Å². The number of nitrogens with zero attached hydrogens (tertiary/aromatic N) is 2. The zero-order valence-corrected chi connectivity index (χ0v) is 18.1. The van der Waals surface area contributed by atoms with E-state index >= 15 is 0 Å². The van der Waals surface area contributed by atoms with Gasteiger partial charge in [0, 0.05) is 32.6 Å². The number of benzene rings is 3. The Hall–Kier alpha value is -3.52. The molecule has 2 heteroatoms. The van der Waals surface area contributed by atoms with Crippen LogP contribution in [0.5, 0.6) is 0 Å². The number of aromatic nitrogens is 2. The SMILES string of the molecule is C1=CCC(n2c3ccccc3c3c4c5ccccc5n(C5C=CCCC5)c4ccc32)C=C1. The molecule has 0 aliphatic heterocycles. The van der Waals surface area contributed by atoms with Gasteiger partial charge in [-0.3, -0.25) is 0 Å². The van der Waals surface area contributed by atoms with Gasteiger partial charge in [0.1, 0.15) is 0 Å². The first kappa shape index (κ1) is 18.1. The van der Waals surface area contributed by atoms with Gasteiger partial charge in [0.25, 0.3) is 0 Å². The molecule has 3 aromatic carbocycles. The fourth-order valence-corrected chi connectivity index (χ4v) is 6.06. The molecule has 5 aromatic rings. The van der Waals surface area contributed by atoms with E-state index in [1.165, 1.54) is 62.9 Å². The van der Waals surface area contributed by atoms with Crippen LogP contribution in [0.1, 0.15) is 37.8 Å². The predicted molar refractivity (Wildman–Crippen MR) is 136 cm³/mol. The number of fused-ring (bicyclic) bond motifs is 7. The zero-order chi connectivity index (χ0) is 21.1. The third-order valence-electron chi connectivity index (χ3n) is 7.40. The van der Waals surface area contributed by atoms with Crippen molar-refractivity contribution in [1.29, 1.82) is 0 Å². The summed E-state index contributed by atoms with van der Waals surface area (Å²) in [5, 5.41) is 5.53. The molecular weight excluding hydrogens is 388 g/mol. The van der Waals surface area contributed by atoms with Crippen LogP contribution in [-0.4, -0.2) is 9.13 Å². The fraction of sp³-hybridized carbons (Fsp3) is 0.200. The number of allylic oxidation sites excluding steroid dienone is 6. The Morgan fingerprint density at radius 2 is 1.25 bits per heavy atom. The van der Waals surface area contributed by atoms with E-state index in [4.69, 9.17) is 0 Å². The van der Waals surface area contributed by atoms with Gasteiger partial charge in [-0.15, -0.1) is 0 Å². The van der Waals surface area contributed by atoms with E-state index in [-0.39, 0.29) is 0 Å². The molecule has 0 fully saturated rings. The minimum Gasteiger partial charge on any atom is -0.333 e. The normalized spacial score (nSPS) is 20.9. The summed E-state index contributed by atoms with van der Waals surface area (Å²) in [5.74, 6) is 0. The first-order valence-electron chi connectivity index (χ1n) is 11.9. The van der Waals surface area contributed by atoms with E-state index in [0.29, 0.717) is 12.1 Å². The summed E-state index contributed by atoms with van der Waals surface area (Å²) < 4.78 is 5.14. The van der Waals surface area contributed by atoms with Crippen molar-refractivity contribution >= 4 is 43.6 Å². The van der Waals surface area contributed by atoms with Gasteiger partial charge in [0.15, 0.2) is 0 Å². The molecule has 0 spiro atoms. The lowest BCUT2D eigenvalue weighted by molar-refractivity contribution is 0.542. The quantitative estimate of drug-likeness (QED) is 0.257. The van der Waals surface area contributed by atoms with Crippen molar-refractivity contribution in [3.63, 3.8) is 0 Å². The minimum absolute atomic E-state index is 0.356. The number of para-hydroxylation sites is 2. The van der Waals surface area contributed by atoms with E-state index in [9.17, 15) is 0 Å². The van der Waals surface area contributed by atoms with Crippen LogP contribution in [-0.2, 0) is 0 Å².